The maximum Gasteiger partial charge on any atom is 0.240 e. The van der Waals surface area contributed by atoms with Crippen molar-refractivity contribution in [3.63, 3.8) is 0 Å². The van der Waals surface area contributed by atoms with E-state index in [-0.39, 0.29) is 6.04 Å². The minimum Gasteiger partial charge on any atom is -0.480 e. The highest BCUT2D eigenvalue weighted by Crippen LogP contribution is 2.28. The second-order valence-corrected chi connectivity index (χ2v) is 3.90. The molecule has 3 N–H and O–H groups in total. The van der Waals surface area contributed by atoms with Gasteiger partial charge in [-0.1, -0.05) is 0 Å². The summed E-state index contributed by atoms with van der Waals surface area (Å²) in [6.07, 6.45) is 3.13. The van der Waals surface area contributed by atoms with Crippen LogP contribution in [0.2, 0.25) is 0 Å². The Labute approximate surface area is 110 Å². The normalized spacial score (nSPS) is 12.2. The molecule has 0 fully saturated rings. The average molecular weight is 264 g/mol. The number of ether oxygens (including phenoxy) is 2. The number of aryl methyl sites for hydroxylation is 1. The molecule has 1 atom stereocenters. The summed E-state index contributed by atoms with van der Waals surface area (Å²) in [4.78, 5) is 8.46. The molecule has 0 amide bonds. The molecule has 0 aliphatic rings. The summed E-state index contributed by atoms with van der Waals surface area (Å²) >= 11 is 0. The first-order chi connectivity index (χ1) is 9.19. The van der Waals surface area contributed by atoms with E-state index in [0.717, 1.165) is 11.3 Å². The van der Waals surface area contributed by atoms with Crippen LogP contribution in [0.3, 0.4) is 0 Å². The number of furan rings is 1. The SMILES string of the molecule is COc1cnc(C(NN)c2coc(C)c2)c(OC)n1. The van der Waals surface area contributed by atoms with Crippen molar-refractivity contribution in [3.8, 4) is 11.8 Å². The van der Waals surface area contributed by atoms with Gasteiger partial charge < -0.3 is 13.9 Å². The van der Waals surface area contributed by atoms with Gasteiger partial charge in [-0.3, -0.25) is 5.84 Å². The van der Waals surface area contributed by atoms with Gasteiger partial charge in [-0.2, -0.15) is 4.98 Å². The fourth-order valence-corrected chi connectivity index (χ4v) is 1.76. The van der Waals surface area contributed by atoms with E-state index >= 15 is 0 Å². The van der Waals surface area contributed by atoms with Gasteiger partial charge in [-0.15, -0.1) is 0 Å². The standard InChI is InChI=1S/C12H16N4O3/c1-7-4-8(6-19-7)10(16-13)11-12(18-3)15-9(17-2)5-14-11/h4-6,10,16H,13H2,1-3H3. The van der Waals surface area contributed by atoms with Crippen molar-refractivity contribution in [3.05, 3.63) is 35.5 Å². The molecule has 0 bridgehead atoms. The molecule has 0 radical (unpaired) electrons. The molecular formula is C12H16N4O3. The van der Waals surface area contributed by atoms with Gasteiger partial charge in [0.25, 0.3) is 0 Å². The Morgan fingerprint density at radius 1 is 1.37 bits per heavy atom. The van der Waals surface area contributed by atoms with Crippen LogP contribution in [0.4, 0.5) is 0 Å². The number of hydrogen-bond acceptors (Lipinski definition) is 7. The lowest BCUT2D eigenvalue weighted by Gasteiger charge is -2.16. The lowest BCUT2D eigenvalue weighted by molar-refractivity contribution is 0.352. The molecule has 7 nitrogen and oxygen atoms in total. The predicted molar refractivity (Wildman–Crippen MR) is 67.7 cm³/mol. The van der Waals surface area contributed by atoms with Crippen LogP contribution in [0, 0.1) is 6.92 Å². The van der Waals surface area contributed by atoms with E-state index < -0.39 is 0 Å². The molecule has 0 spiro atoms. The Morgan fingerprint density at radius 2 is 2.16 bits per heavy atom. The Hall–Kier alpha value is -2.12. The molecule has 0 aliphatic carbocycles. The quantitative estimate of drug-likeness (QED) is 0.613. The van der Waals surface area contributed by atoms with Crippen molar-refractivity contribution in [2.75, 3.05) is 14.2 Å². The minimum atomic E-state index is -0.370. The summed E-state index contributed by atoms with van der Waals surface area (Å²) in [6, 6.07) is 1.50. The van der Waals surface area contributed by atoms with E-state index in [1.165, 1.54) is 20.4 Å². The first-order valence-electron chi connectivity index (χ1n) is 5.65. The number of rotatable bonds is 5. The zero-order valence-electron chi connectivity index (χ0n) is 11.0. The van der Waals surface area contributed by atoms with Crippen LogP contribution in [0.5, 0.6) is 11.8 Å². The van der Waals surface area contributed by atoms with E-state index in [1.807, 2.05) is 13.0 Å². The van der Waals surface area contributed by atoms with Crippen molar-refractivity contribution in [2.24, 2.45) is 5.84 Å². The molecule has 7 heteroatoms. The number of hydrogen-bond donors (Lipinski definition) is 2. The summed E-state index contributed by atoms with van der Waals surface area (Å²) in [7, 11) is 3.03. The topological polar surface area (TPSA) is 95.4 Å². The molecule has 0 saturated carbocycles. The van der Waals surface area contributed by atoms with E-state index in [4.69, 9.17) is 19.7 Å². The summed E-state index contributed by atoms with van der Waals surface area (Å²) in [6.45, 7) is 1.86. The second kappa shape index (κ2) is 5.68. The Balaban J connectivity index is 2.43. The van der Waals surface area contributed by atoms with Gasteiger partial charge in [0.05, 0.1) is 32.7 Å². The molecule has 2 heterocycles. The largest absolute Gasteiger partial charge is 0.480 e. The Bertz CT molecular complexity index is 556. The third-order valence-electron chi connectivity index (χ3n) is 2.67. The zero-order valence-corrected chi connectivity index (χ0v) is 11.0. The van der Waals surface area contributed by atoms with E-state index in [2.05, 4.69) is 15.4 Å². The minimum absolute atomic E-state index is 0.348. The van der Waals surface area contributed by atoms with Crippen LogP contribution in [0.25, 0.3) is 0 Å². The lowest BCUT2D eigenvalue weighted by atomic mass is 10.1. The van der Waals surface area contributed by atoms with Gasteiger partial charge in [0.1, 0.15) is 11.5 Å². The highest BCUT2D eigenvalue weighted by Gasteiger charge is 2.22. The van der Waals surface area contributed by atoms with Crippen molar-refractivity contribution in [1.29, 1.82) is 0 Å². The Morgan fingerprint density at radius 3 is 2.68 bits per heavy atom. The van der Waals surface area contributed by atoms with Crippen LogP contribution >= 0.6 is 0 Å². The van der Waals surface area contributed by atoms with Crippen molar-refractivity contribution in [1.82, 2.24) is 15.4 Å². The molecule has 19 heavy (non-hydrogen) atoms. The molecule has 1 unspecified atom stereocenters. The van der Waals surface area contributed by atoms with E-state index in [1.54, 1.807) is 6.26 Å². The predicted octanol–water partition coefficient (Wildman–Crippen LogP) is 0.948. The van der Waals surface area contributed by atoms with Gasteiger partial charge in [-0.05, 0) is 13.0 Å². The van der Waals surface area contributed by atoms with Crippen LogP contribution in [0.15, 0.2) is 22.9 Å². The molecule has 2 rings (SSSR count). The molecule has 0 aromatic carbocycles. The number of nitrogens with one attached hydrogen (secondary N) is 1. The molecule has 102 valence electrons. The second-order valence-electron chi connectivity index (χ2n) is 3.90. The number of nitrogens with two attached hydrogens (primary N) is 1. The first kappa shape index (κ1) is 13.3. The number of hydrazine groups is 1. The molecule has 2 aromatic rings. The van der Waals surface area contributed by atoms with Crippen molar-refractivity contribution < 1.29 is 13.9 Å². The number of methoxy groups -OCH3 is 2. The van der Waals surface area contributed by atoms with Gasteiger partial charge in [0.2, 0.25) is 11.8 Å². The average Bonchev–Trinajstić information content (AvgIpc) is 2.86. The smallest absolute Gasteiger partial charge is 0.240 e. The van der Waals surface area contributed by atoms with Gasteiger partial charge in [-0.25, -0.2) is 10.4 Å². The van der Waals surface area contributed by atoms with Crippen molar-refractivity contribution in [2.45, 2.75) is 13.0 Å². The van der Waals surface area contributed by atoms with Crippen molar-refractivity contribution >= 4 is 0 Å². The van der Waals surface area contributed by atoms with Crippen LogP contribution in [-0.4, -0.2) is 24.2 Å². The highest BCUT2D eigenvalue weighted by molar-refractivity contribution is 5.33. The van der Waals surface area contributed by atoms with Crippen LogP contribution in [-0.2, 0) is 0 Å². The van der Waals surface area contributed by atoms with Gasteiger partial charge >= 0.3 is 0 Å². The fourth-order valence-electron chi connectivity index (χ4n) is 1.76. The van der Waals surface area contributed by atoms with E-state index in [0.29, 0.717) is 17.5 Å². The lowest BCUT2D eigenvalue weighted by Crippen LogP contribution is -2.29. The molecular weight excluding hydrogens is 248 g/mol. The first-order valence-corrected chi connectivity index (χ1v) is 5.65. The van der Waals surface area contributed by atoms with E-state index in [9.17, 15) is 0 Å². The van der Waals surface area contributed by atoms with Crippen LogP contribution in [0.1, 0.15) is 23.1 Å². The summed E-state index contributed by atoms with van der Waals surface area (Å²) in [5.41, 5.74) is 4.08. The number of aromatic nitrogens is 2. The third kappa shape index (κ3) is 2.67. The maximum absolute atomic E-state index is 5.59. The van der Waals surface area contributed by atoms with Gasteiger partial charge in [0.15, 0.2) is 0 Å². The number of nitrogens with zero attached hydrogens (tertiary/aromatic N) is 2. The summed E-state index contributed by atoms with van der Waals surface area (Å²) < 4.78 is 15.5. The monoisotopic (exact) mass is 264 g/mol. The fraction of sp³-hybridized carbons (Fsp3) is 0.333. The molecule has 2 aromatic heterocycles. The highest BCUT2D eigenvalue weighted by atomic mass is 16.5. The third-order valence-corrected chi connectivity index (χ3v) is 2.67. The maximum atomic E-state index is 5.59. The zero-order chi connectivity index (χ0) is 13.8. The molecule has 0 saturated heterocycles. The molecule has 0 aliphatic heterocycles. The van der Waals surface area contributed by atoms with Crippen LogP contribution < -0.4 is 20.7 Å². The summed E-state index contributed by atoms with van der Waals surface area (Å²) in [5, 5.41) is 0. The Kier molecular flexibility index (Phi) is 3.98. The van der Waals surface area contributed by atoms with Gasteiger partial charge in [0, 0.05) is 5.56 Å². The summed E-state index contributed by atoms with van der Waals surface area (Å²) in [5.74, 6) is 7.10.